The Hall–Kier alpha value is -2.11. The molecule has 0 amide bonds. The monoisotopic (exact) mass is 342 g/mol. The van der Waals surface area contributed by atoms with Gasteiger partial charge in [0, 0.05) is 23.8 Å². The lowest BCUT2D eigenvalue weighted by Crippen LogP contribution is -2.09. The van der Waals surface area contributed by atoms with Crippen LogP contribution in [-0.2, 0) is 4.74 Å². The molecule has 0 saturated heterocycles. The van der Waals surface area contributed by atoms with Gasteiger partial charge >= 0.3 is 5.51 Å². The molecule has 0 aliphatic carbocycles. The van der Waals surface area contributed by atoms with Crippen molar-refractivity contribution in [1.82, 2.24) is 4.98 Å². The van der Waals surface area contributed by atoms with E-state index in [9.17, 15) is 17.6 Å². The summed E-state index contributed by atoms with van der Waals surface area (Å²) in [6, 6.07) is 7.18. The van der Waals surface area contributed by atoms with E-state index in [2.05, 4.69) is 4.98 Å². The molecule has 3 nitrogen and oxygen atoms in total. The lowest BCUT2D eigenvalue weighted by molar-refractivity contribution is -0.0328. The Morgan fingerprint density at radius 2 is 1.87 bits per heavy atom. The first-order chi connectivity index (χ1) is 10.9. The molecule has 8 heteroatoms. The molecule has 2 rings (SSSR count). The van der Waals surface area contributed by atoms with E-state index in [0.717, 1.165) is 6.20 Å². The van der Waals surface area contributed by atoms with E-state index in [1.165, 1.54) is 37.6 Å². The lowest BCUT2D eigenvalue weighted by Gasteiger charge is -2.18. The minimum absolute atomic E-state index is 0.00113. The SMILES string of the molecule is COC(c1ccc(SC(F)(F)F)cc1)c1c(F)cncc1C#N. The second-order valence-electron chi connectivity index (χ2n) is 4.43. The van der Waals surface area contributed by atoms with Crippen molar-refractivity contribution in [3.05, 3.63) is 59.2 Å². The predicted octanol–water partition coefficient (Wildman–Crippen LogP) is 4.44. The summed E-state index contributed by atoms with van der Waals surface area (Å²) in [5, 5.41) is 9.07. The first-order valence-corrected chi connectivity index (χ1v) is 7.09. The highest BCUT2D eigenvalue weighted by Gasteiger charge is 2.29. The van der Waals surface area contributed by atoms with E-state index < -0.39 is 17.4 Å². The number of aromatic nitrogens is 1. The fraction of sp³-hybridized carbons (Fsp3) is 0.200. The summed E-state index contributed by atoms with van der Waals surface area (Å²) in [5.74, 6) is -0.718. The van der Waals surface area contributed by atoms with Crippen molar-refractivity contribution in [2.24, 2.45) is 0 Å². The van der Waals surface area contributed by atoms with E-state index in [0.29, 0.717) is 5.56 Å². The van der Waals surface area contributed by atoms with Gasteiger partial charge in [0.15, 0.2) is 0 Å². The van der Waals surface area contributed by atoms with Crippen LogP contribution < -0.4 is 0 Å². The minimum atomic E-state index is -4.38. The summed E-state index contributed by atoms with van der Waals surface area (Å²) >= 11 is -0.242. The molecule has 120 valence electrons. The molecule has 0 fully saturated rings. The van der Waals surface area contributed by atoms with Crippen LogP contribution in [0.2, 0.25) is 0 Å². The third kappa shape index (κ3) is 4.21. The van der Waals surface area contributed by atoms with Crippen molar-refractivity contribution in [2.75, 3.05) is 7.11 Å². The Bertz CT molecular complexity index is 726. The zero-order chi connectivity index (χ0) is 17.0. The van der Waals surface area contributed by atoms with Gasteiger partial charge < -0.3 is 4.74 Å². The third-order valence-electron chi connectivity index (χ3n) is 2.97. The molecule has 0 radical (unpaired) electrons. The molecule has 1 aromatic heterocycles. The number of benzene rings is 1. The van der Waals surface area contributed by atoms with Crippen molar-refractivity contribution < 1.29 is 22.3 Å². The summed E-state index contributed by atoms with van der Waals surface area (Å²) in [7, 11) is 1.32. The van der Waals surface area contributed by atoms with Crippen molar-refractivity contribution in [3.8, 4) is 6.07 Å². The second-order valence-corrected chi connectivity index (χ2v) is 5.57. The molecule has 0 saturated carbocycles. The summed E-state index contributed by atoms with van der Waals surface area (Å²) in [6.07, 6.45) is 1.24. The summed E-state index contributed by atoms with van der Waals surface area (Å²) in [4.78, 5) is 3.61. The lowest BCUT2D eigenvalue weighted by atomic mass is 9.98. The maximum absolute atomic E-state index is 14.0. The van der Waals surface area contributed by atoms with Crippen LogP contribution in [0.1, 0.15) is 22.8 Å². The maximum Gasteiger partial charge on any atom is 0.446 e. The van der Waals surface area contributed by atoms with Crippen LogP contribution in [0.15, 0.2) is 41.6 Å². The molecule has 0 N–H and O–H groups in total. The van der Waals surface area contributed by atoms with Crippen molar-refractivity contribution in [1.29, 1.82) is 5.26 Å². The topological polar surface area (TPSA) is 45.9 Å². The number of methoxy groups -OCH3 is 1. The van der Waals surface area contributed by atoms with Gasteiger partial charge in [-0.1, -0.05) is 12.1 Å². The highest BCUT2D eigenvalue weighted by atomic mass is 32.2. The van der Waals surface area contributed by atoms with E-state index in [4.69, 9.17) is 10.00 Å². The van der Waals surface area contributed by atoms with Crippen molar-refractivity contribution >= 4 is 11.8 Å². The molecule has 1 atom stereocenters. The molecule has 23 heavy (non-hydrogen) atoms. The molecule has 1 unspecified atom stereocenters. The highest BCUT2D eigenvalue weighted by molar-refractivity contribution is 8.00. The van der Waals surface area contributed by atoms with E-state index >= 15 is 0 Å². The fourth-order valence-electron chi connectivity index (χ4n) is 2.07. The number of nitriles is 1. The average molecular weight is 342 g/mol. The Morgan fingerprint density at radius 1 is 1.22 bits per heavy atom. The largest absolute Gasteiger partial charge is 0.446 e. The Morgan fingerprint density at radius 3 is 2.39 bits per heavy atom. The number of halogens is 4. The van der Waals surface area contributed by atoms with Gasteiger partial charge in [-0.25, -0.2) is 4.39 Å². The van der Waals surface area contributed by atoms with E-state index in [1.54, 1.807) is 0 Å². The highest BCUT2D eigenvalue weighted by Crippen LogP contribution is 2.38. The number of hydrogen-bond acceptors (Lipinski definition) is 4. The third-order valence-corrected chi connectivity index (χ3v) is 3.71. The number of hydrogen-bond donors (Lipinski definition) is 0. The zero-order valence-corrected chi connectivity index (χ0v) is 12.6. The van der Waals surface area contributed by atoms with Crippen LogP contribution in [0.4, 0.5) is 17.6 Å². The first-order valence-electron chi connectivity index (χ1n) is 6.27. The molecular formula is C15H10F4N2OS. The smallest absolute Gasteiger partial charge is 0.372 e. The van der Waals surface area contributed by atoms with E-state index in [1.807, 2.05) is 6.07 Å². The van der Waals surface area contributed by atoms with Crippen LogP contribution in [0.25, 0.3) is 0 Å². The molecular weight excluding hydrogens is 332 g/mol. The summed E-state index contributed by atoms with van der Waals surface area (Å²) in [6.45, 7) is 0. The number of thioether (sulfide) groups is 1. The summed E-state index contributed by atoms with van der Waals surface area (Å²) < 4.78 is 56.2. The number of nitrogens with zero attached hydrogens (tertiary/aromatic N) is 2. The molecule has 0 spiro atoms. The van der Waals surface area contributed by atoms with Crippen molar-refractivity contribution in [2.45, 2.75) is 16.5 Å². The molecule has 1 aromatic carbocycles. The molecule has 0 aliphatic heterocycles. The van der Waals surface area contributed by atoms with Gasteiger partial charge in [-0.2, -0.15) is 18.4 Å². The van der Waals surface area contributed by atoms with Gasteiger partial charge in [0.25, 0.3) is 0 Å². The molecule has 0 bridgehead atoms. The predicted molar refractivity (Wildman–Crippen MR) is 76.1 cm³/mol. The number of alkyl halides is 3. The quantitative estimate of drug-likeness (QED) is 0.609. The number of ether oxygens (including phenoxy) is 1. The molecule has 2 aromatic rings. The fourth-order valence-corrected chi connectivity index (χ4v) is 2.60. The van der Waals surface area contributed by atoms with Crippen LogP contribution in [-0.4, -0.2) is 17.6 Å². The standard InChI is InChI=1S/C15H10F4N2OS/c1-22-14(13-10(6-20)7-21-8-12(13)16)9-2-4-11(5-3-9)23-15(17,18)19/h2-5,7-8,14H,1H3. The average Bonchev–Trinajstić information content (AvgIpc) is 2.49. The Labute approximate surface area is 133 Å². The molecule has 1 heterocycles. The van der Waals surface area contributed by atoms with Gasteiger partial charge in [-0.3, -0.25) is 4.98 Å². The van der Waals surface area contributed by atoms with E-state index in [-0.39, 0.29) is 27.8 Å². The molecule has 0 aliphatic rings. The van der Waals surface area contributed by atoms with Crippen LogP contribution >= 0.6 is 11.8 Å². The first kappa shape index (κ1) is 17.2. The van der Waals surface area contributed by atoms with Gasteiger partial charge in [0.05, 0.1) is 11.8 Å². The number of rotatable bonds is 4. The van der Waals surface area contributed by atoms with Crippen molar-refractivity contribution in [3.63, 3.8) is 0 Å². The zero-order valence-electron chi connectivity index (χ0n) is 11.8. The summed E-state index contributed by atoms with van der Waals surface area (Å²) in [5.41, 5.74) is -3.94. The van der Waals surface area contributed by atoms with Crippen LogP contribution in [0.5, 0.6) is 0 Å². The van der Waals surface area contributed by atoms with Gasteiger partial charge in [-0.05, 0) is 29.5 Å². The minimum Gasteiger partial charge on any atom is -0.372 e. The van der Waals surface area contributed by atoms with Gasteiger partial charge in [-0.15, -0.1) is 0 Å². The normalized spacial score (nSPS) is 12.7. The second kappa shape index (κ2) is 6.98. The Kier molecular flexibility index (Phi) is 5.23. The van der Waals surface area contributed by atoms with Crippen LogP contribution in [0.3, 0.4) is 0 Å². The van der Waals surface area contributed by atoms with Gasteiger partial charge in [0.1, 0.15) is 18.0 Å². The Balaban J connectivity index is 2.38. The number of pyridine rings is 1. The van der Waals surface area contributed by atoms with Crippen LogP contribution in [0, 0.1) is 17.1 Å². The van der Waals surface area contributed by atoms with Gasteiger partial charge in [0.2, 0.25) is 0 Å². The maximum atomic E-state index is 14.0.